The molecule has 0 fully saturated rings. The number of primary amides is 1. The number of hydrogen-bond donors (Lipinski definition) is 3. The van der Waals surface area contributed by atoms with Crippen molar-refractivity contribution >= 4 is 34.9 Å². The minimum absolute atomic E-state index is 0.286. The molecular weight excluding hydrogens is 447 g/mol. The van der Waals surface area contributed by atoms with E-state index in [1.54, 1.807) is 18.2 Å². The number of pyridine rings is 1. The van der Waals surface area contributed by atoms with E-state index in [1.807, 2.05) is 6.92 Å². The molecule has 11 heteroatoms. The molecule has 2 heterocycles. The molecule has 0 aliphatic rings. The third-order valence-electron chi connectivity index (χ3n) is 4.28. The maximum absolute atomic E-state index is 14.5. The highest BCUT2D eigenvalue weighted by molar-refractivity contribution is 7.06. The minimum Gasteiger partial charge on any atom is -0.484 e. The minimum atomic E-state index is -1.30. The number of benzene rings is 1. The Bertz CT molecular complexity index is 1090. The van der Waals surface area contributed by atoms with Crippen LogP contribution in [0.2, 0.25) is 5.15 Å². The lowest BCUT2D eigenvalue weighted by Gasteiger charge is -2.13. The number of nitrogens with one attached hydrogen (secondary N) is 1. The van der Waals surface area contributed by atoms with Crippen LogP contribution in [0.1, 0.15) is 28.3 Å². The molecule has 0 aliphatic carbocycles. The Hall–Kier alpha value is -3.08. The monoisotopic (exact) mass is 464 g/mol. The van der Waals surface area contributed by atoms with Crippen molar-refractivity contribution < 1.29 is 23.8 Å². The van der Waals surface area contributed by atoms with Gasteiger partial charge in [-0.15, -0.1) is 0 Å². The number of nitrogens with two attached hydrogens (primary N) is 1. The Morgan fingerprint density at radius 1 is 1.32 bits per heavy atom. The molecular formula is C20H18ClFN4O4S. The Kier molecular flexibility index (Phi) is 7.16. The summed E-state index contributed by atoms with van der Waals surface area (Å²) < 4.78 is 24.7. The molecule has 2 amide bonds. The normalized spacial score (nSPS) is 12.8. The fraction of sp³-hybridized carbons (Fsp3) is 0.200. The van der Waals surface area contributed by atoms with Gasteiger partial charge in [-0.1, -0.05) is 17.7 Å². The van der Waals surface area contributed by atoms with Gasteiger partial charge in [-0.25, -0.2) is 9.37 Å². The Balaban J connectivity index is 1.73. The Labute approximate surface area is 186 Å². The zero-order valence-corrected chi connectivity index (χ0v) is 17.8. The van der Waals surface area contributed by atoms with E-state index in [0.29, 0.717) is 22.2 Å². The van der Waals surface area contributed by atoms with E-state index in [4.69, 9.17) is 27.2 Å². The van der Waals surface area contributed by atoms with Crippen LogP contribution in [-0.2, 0) is 4.79 Å². The molecule has 0 bridgehead atoms. The summed E-state index contributed by atoms with van der Waals surface area (Å²) in [6.45, 7) is 1.16. The number of halogens is 2. The van der Waals surface area contributed by atoms with E-state index >= 15 is 0 Å². The molecule has 2 atom stereocenters. The number of aliphatic hydroxyl groups is 1. The van der Waals surface area contributed by atoms with Crippen LogP contribution in [0, 0.1) is 5.82 Å². The van der Waals surface area contributed by atoms with Crippen molar-refractivity contribution in [1.29, 1.82) is 0 Å². The second-order valence-corrected chi connectivity index (χ2v) is 7.72. The first-order chi connectivity index (χ1) is 14.8. The lowest BCUT2D eigenvalue weighted by atomic mass is 10.1. The summed E-state index contributed by atoms with van der Waals surface area (Å²) in [6, 6.07) is 7.76. The summed E-state index contributed by atoms with van der Waals surface area (Å²) in [6.07, 6.45) is 1.19. The molecule has 0 radical (unpaired) electrons. The van der Waals surface area contributed by atoms with Crippen LogP contribution in [0.15, 0.2) is 42.6 Å². The largest absolute Gasteiger partial charge is 0.484 e. The van der Waals surface area contributed by atoms with Crippen LogP contribution in [0.5, 0.6) is 5.75 Å². The molecule has 4 N–H and O–H groups in total. The van der Waals surface area contributed by atoms with E-state index in [9.17, 15) is 14.0 Å². The van der Waals surface area contributed by atoms with E-state index in [1.165, 1.54) is 35.9 Å². The van der Waals surface area contributed by atoms with E-state index in [-0.39, 0.29) is 11.7 Å². The number of carbonyl (C=O) groups excluding carboxylic acids is 2. The van der Waals surface area contributed by atoms with Gasteiger partial charge in [-0.2, -0.15) is 4.37 Å². The summed E-state index contributed by atoms with van der Waals surface area (Å²) in [5, 5.41) is 11.6. The van der Waals surface area contributed by atoms with Crippen molar-refractivity contribution in [3.8, 4) is 17.0 Å². The van der Waals surface area contributed by atoms with Crippen molar-refractivity contribution in [3.05, 3.63) is 64.0 Å². The van der Waals surface area contributed by atoms with Crippen LogP contribution in [-0.4, -0.2) is 38.9 Å². The van der Waals surface area contributed by atoms with E-state index in [2.05, 4.69) is 14.7 Å². The second-order valence-electron chi connectivity index (χ2n) is 6.50. The van der Waals surface area contributed by atoms with Crippen LogP contribution >= 0.6 is 23.1 Å². The highest BCUT2D eigenvalue weighted by Gasteiger charge is 2.21. The van der Waals surface area contributed by atoms with Crippen LogP contribution in [0.3, 0.4) is 0 Å². The molecule has 31 heavy (non-hydrogen) atoms. The highest BCUT2D eigenvalue weighted by Crippen LogP contribution is 2.30. The quantitative estimate of drug-likeness (QED) is 0.440. The fourth-order valence-electron chi connectivity index (χ4n) is 2.61. The molecule has 2 aromatic heterocycles. The van der Waals surface area contributed by atoms with Gasteiger partial charge in [0, 0.05) is 5.56 Å². The summed E-state index contributed by atoms with van der Waals surface area (Å²) in [4.78, 5) is 28.1. The molecule has 8 nitrogen and oxygen atoms in total. The average molecular weight is 465 g/mol. The van der Waals surface area contributed by atoms with Crippen molar-refractivity contribution in [2.24, 2.45) is 5.73 Å². The maximum Gasteiger partial charge on any atom is 0.254 e. The average Bonchev–Trinajstić information content (AvgIpc) is 3.23. The van der Waals surface area contributed by atoms with Crippen LogP contribution < -0.4 is 15.8 Å². The number of aliphatic hydroxyl groups excluding tert-OH is 1. The molecule has 0 saturated heterocycles. The van der Waals surface area contributed by atoms with Crippen molar-refractivity contribution in [2.45, 2.75) is 19.1 Å². The van der Waals surface area contributed by atoms with Gasteiger partial charge in [0.2, 0.25) is 5.91 Å². The first-order valence-corrected chi connectivity index (χ1v) is 10.2. The second kappa shape index (κ2) is 9.82. The summed E-state index contributed by atoms with van der Waals surface area (Å²) in [7, 11) is 0. The standard InChI is InChI=1S/C20H18ClFN4O4S/c1-10(30-12-3-5-18(21)24-8-12)17-7-15(26-31-17)11-2-4-13(14(22)6-11)20(29)25-16(9-27)19(23)28/h2-8,10,16,27H,9H2,1H3,(H2,23,28)(H,25,29)/t10?,16-/m0/s1. The number of rotatable bonds is 8. The number of hydrogen-bond acceptors (Lipinski definition) is 7. The van der Waals surface area contributed by atoms with Gasteiger partial charge in [0.25, 0.3) is 5.91 Å². The summed E-state index contributed by atoms with van der Waals surface area (Å²) in [5.74, 6) is -2.04. The van der Waals surface area contributed by atoms with Gasteiger partial charge in [0.15, 0.2) is 0 Å². The van der Waals surface area contributed by atoms with Gasteiger partial charge in [-0.05, 0) is 48.8 Å². The van der Waals surface area contributed by atoms with Gasteiger partial charge in [0.05, 0.1) is 28.9 Å². The number of aromatic nitrogens is 2. The zero-order chi connectivity index (χ0) is 22.5. The SMILES string of the molecule is CC(Oc1ccc(Cl)nc1)c1cc(-c2ccc(C(=O)N[C@@H](CO)C(N)=O)c(F)c2)ns1. The highest BCUT2D eigenvalue weighted by atomic mass is 35.5. The van der Waals surface area contributed by atoms with Gasteiger partial charge < -0.3 is 20.9 Å². The van der Waals surface area contributed by atoms with E-state index in [0.717, 1.165) is 4.88 Å². The third-order valence-corrected chi connectivity index (χ3v) is 5.46. The number of amides is 2. The molecule has 162 valence electrons. The number of nitrogens with zero attached hydrogens (tertiary/aromatic N) is 2. The predicted octanol–water partition coefficient (Wildman–Crippen LogP) is 2.71. The third kappa shape index (κ3) is 5.54. The van der Waals surface area contributed by atoms with Crippen molar-refractivity contribution in [1.82, 2.24) is 14.7 Å². The molecule has 0 spiro atoms. The lowest BCUT2D eigenvalue weighted by Crippen LogP contribution is -2.47. The summed E-state index contributed by atoms with van der Waals surface area (Å²) >= 11 is 6.97. The number of ether oxygens (including phenoxy) is 1. The molecule has 0 saturated carbocycles. The molecule has 0 aliphatic heterocycles. The first-order valence-electron chi connectivity index (χ1n) is 9.04. The smallest absolute Gasteiger partial charge is 0.254 e. The summed E-state index contributed by atoms with van der Waals surface area (Å²) in [5.41, 5.74) is 5.75. The van der Waals surface area contributed by atoms with Gasteiger partial charge in [0.1, 0.15) is 28.9 Å². The molecule has 3 aromatic rings. The molecule has 1 unspecified atom stereocenters. The Morgan fingerprint density at radius 3 is 2.71 bits per heavy atom. The Morgan fingerprint density at radius 2 is 2.10 bits per heavy atom. The van der Waals surface area contributed by atoms with E-state index < -0.39 is 30.3 Å². The van der Waals surface area contributed by atoms with Crippen molar-refractivity contribution in [3.63, 3.8) is 0 Å². The van der Waals surface area contributed by atoms with Gasteiger partial charge in [-0.3, -0.25) is 9.59 Å². The first kappa shape index (κ1) is 22.6. The molecule has 1 aromatic carbocycles. The van der Waals surface area contributed by atoms with Crippen LogP contribution in [0.4, 0.5) is 4.39 Å². The van der Waals surface area contributed by atoms with Crippen LogP contribution in [0.25, 0.3) is 11.3 Å². The number of carbonyl (C=O) groups is 2. The topological polar surface area (TPSA) is 127 Å². The predicted molar refractivity (Wildman–Crippen MR) is 113 cm³/mol. The maximum atomic E-state index is 14.5. The lowest BCUT2D eigenvalue weighted by molar-refractivity contribution is -0.120. The fourth-order valence-corrected chi connectivity index (χ4v) is 3.45. The van der Waals surface area contributed by atoms with Crippen molar-refractivity contribution in [2.75, 3.05) is 6.61 Å². The molecule has 3 rings (SSSR count). The van der Waals surface area contributed by atoms with Gasteiger partial charge >= 0.3 is 0 Å². The zero-order valence-electron chi connectivity index (χ0n) is 16.2.